The third kappa shape index (κ3) is 1.66. The standard InChI is InChI=1S/C18H23NO/c1-4-15-14-8-13-7-11(2)5-6-16(13)18(15,10-19)9-12(3)17(14)20/h4-6,11-12,14,17,20H,7-9H2,1-3H3/b15-4+/t11?,12?,14-,17-,18+/m0/s1. The number of nitrogens with zero attached hydrogens (tertiary/aromatic N) is 1. The molecule has 2 unspecified atom stereocenters. The number of rotatable bonds is 0. The van der Waals surface area contributed by atoms with Crippen LogP contribution < -0.4 is 0 Å². The molecule has 0 aliphatic heterocycles. The van der Waals surface area contributed by atoms with E-state index in [1.165, 1.54) is 11.1 Å². The number of aliphatic hydroxyl groups is 1. The first-order chi connectivity index (χ1) is 9.53. The molecule has 2 nitrogen and oxygen atoms in total. The fourth-order valence-corrected chi connectivity index (χ4v) is 4.59. The number of fused-ring (bicyclic) bond motifs is 3. The molecule has 0 aromatic rings. The lowest BCUT2D eigenvalue weighted by Crippen LogP contribution is -2.47. The molecule has 1 saturated carbocycles. The lowest BCUT2D eigenvalue weighted by Gasteiger charge is -2.51. The van der Waals surface area contributed by atoms with Crippen LogP contribution in [0.3, 0.4) is 0 Å². The first-order valence-electron chi connectivity index (χ1n) is 7.70. The van der Waals surface area contributed by atoms with Crippen LogP contribution in [0.2, 0.25) is 0 Å². The maximum atomic E-state index is 10.6. The molecule has 106 valence electrons. The van der Waals surface area contributed by atoms with Gasteiger partial charge in [0.2, 0.25) is 0 Å². The van der Waals surface area contributed by atoms with Crippen molar-refractivity contribution in [3.63, 3.8) is 0 Å². The molecule has 5 atom stereocenters. The van der Waals surface area contributed by atoms with Crippen LogP contribution in [-0.2, 0) is 0 Å². The highest BCUT2D eigenvalue weighted by Gasteiger charge is 2.53. The summed E-state index contributed by atoms with van der Waals surface area (Å²) in [6, 6.07) is 2.63. The van der Waals surface area contributed by atoms with E-state index in [9.17, 15) is 10.4 Å². The molecule has 3 aliphatic carbocycles. The maximum absolute atomic E-state index is 10.6. The van der Waals surface area contributed by atoms with Crippen molar-refractivity contribution in [2.24, 2.45) is 23.2 Å². The van der Waals surface area contributed by atoms with Crippen LogP contribution in [0, 0.1) is 34.5 Å². The number of nitriles is 1. The Morgan fingerprint density at radius 2 is 2.15 bits per heavy atom. The summed E-state index contributed by atoms with van der Waals surface area (Å²) in [6.07, 6.45) is 8.93. The number of hydrogen-bond donors (Lipinski definition) is 1. The van der Waals surface area contributed by atoms with Crippen LogP contribution in [0.1, 0.15) is 40.0 Å². The van der Waals surface area contributed by atoms with Crippen LogP contribution in [0.15, 0.2) is 34.9 Å². The molecular weight excluding hydrogens is 246 g/mol. The van der Waals surface area contributed by atoms with E-state index in [1.54, 1.807) is 0 Å². The van der Waals surface area contributed by atoms with E-state index in [0.717, 1.165) is 24.8 Å². The second-order valence-corrected chi connectivity index (χ2v) is 6.80. The Balaban J connectivity index is 2.20. The SMILES string of the molecule is C/C=C1\[C@@H]2CC3=C(C=CC(C)C3)[C@@]1(C#N)CC(C)[C@@H]2O. The van der Waals surface area contributed by atoms with E-state index in [0.29, 0.717) is 5.92 Å². The molecule has 1 N–H and O–H groups in total. The Hall–Kier alpha value is -1.33. The van der Waals surface area contributed by atoms with Gasteiger partial charge in [0, 0.05) is 5.92 Å². The van der Waals surface area contributed by atoms with Crippen LogP contribution in [0.4, 0.5) is 0 Å². The average Bonchev–Trinajstić information content (AvgIpc) is 2.44. The highest BCUT2D eigenvalue weighted by atomic mass is 16.3. The Labute approximate surface area is 121 Å². The quantitative estimate of drug-likeness (QED) is 0.680. The molecule has 0 aromatic heterocycles. The molecule has 0 aromatic carbocycles. The number of hydrogen-bond acceptors (Lipinski definition) is 2. The van der Waals surface area contributed by atoms with Crippen LogP contribution in [-0.4, -0.2) is 11.2 Å². The summed E-state index contributed by atoms with van der Waals surface area (Å²) in [6.45, 7) is 6.31. The predicted molar refractivity (Wildman–Crippen MR) is 79.6 cm³/mol. The fraction of sp³-hybridized carbons (Fsp3) is 0.611. The molecule has 2 heteroatoms. The predicted octanol–water partition coefficient (Wildman–Crippen LogP) is 3.76. The fourth-order valence-electron chi connectivity index (χ4n) is 4.59. The molecule has 0 spiro atoms. The molecule has 0 saturated heterocycles. The van der Waals surface area contributed by atoms with E-state index in [-0.39, 0.29) is 17.9 Å². The molecule has 1 fully saturated rings. The molecule has 3 aliphatic rings. The monoisotopic (exact) mass is 269 g/mol. The average molecular weight is 269 g/mol. The number of aliphatic hydroxyl groups excluding tert-OH is 1. The molecule has 3 rings (SSSR count). The van der Waals surface area contributed by atoms with Crippen molar-refractivity contribution in [2.45, 2.75) is 46.1 Å². The first-order valence-corrected chi connectivity index (χ1v) is 7.70. The van der Waals surface area contributed by atoms with Gasteiger partial charge >= 0.3 is 0 Å². The maximum Gasteiger partial charge on any atom is 0.104 e. The summed E-state index contributed by atoms with van der Waals surface area (Å²) in [5.41, 5.74) is 3.32. The van der Waals surface area contributed by atoms with Crippen molar-refractivity contribution in [2.75, 3.05) is 0 Å². The van der Waals surface area contributed by atoms with Gasteiger partial charge in [-0.15, -0.1) is 0 Å². The van der Waals surface area contributed by atoms with Crippen molar-refractivity contribution in [3.8, 4) is 6.07 Å². The molecule has 0 amide bonds. The smallest absolute Gasteiger partial charge is 0.104 e. The third-order valence-corrected chi connectivity index (χ3v) is 5.48. The highest BCUT2D eigenvalue weighted by molar-refractivity contribution is 5.53. The molecule has 0 heterocycles. The Kier molecular flexibility index (Phi) is 3.14. The van der Waals surface area contributed by atoms with Crippen LogP contribution >= 0.6 is 0 Å². The van der Waals surface area contributed by atoms with E-state index in [1.807, 2.05) is 6.92 Å². The van der Waals surface area contributed by atoms with Crippen molar-refractivity contribution < 1.29 is 5.11 Å². The normalized spacial score (nSPS) is 45.2. The van der Waals surface area contributed by atoms with E-state index in [2.05, 4.69) is 38.1 Å². The van der Waals surface area contributed by atoms with Crippen LogP contribution in [0.5, 0.6) is 0 Å². The minimum Gasteiger partial charge on any atom is -0.392 e. The summed E-state index contributed by atoms with van der Waals surface area (Å²) in [7, 11) is 0. The minimum absolute atomic E-state index is 0.140. The third-order valence-electron chi connectivity index (χ3n) is 5.48. The minimum atomic E-state index is -0.484. The van der Waals surface area contributed by atoms with E-state index in [4.69, 9.17) is 0 Å². The first kappa shape index (κ1) is 13.6. The summed E-state index contributed by atoms with van der Waals surface area (Å²) < 4.78 is 0. The highest BCUT2D eigenvalue weighted by Crippen LogP contribution is 2.58. The largest absolute Gasteiger partial charge is 0.392 e. The van der Waals surface area contributed by atoms with Gasteiger partial charge in [0.1, 0.15) is 5.41 Å². The van der Waals surface area contributed by atoms with Gasteiger partial charge in [0.05, 0.1) is 12.2 Å². The van der Waals surface area contributed by atoms with Gasteiger partial charge in [0.25, 0.3) is 0 Å². The zero-order valence-electron chi connectivity index (χ0n) is 12.6. The van der Waals surface area contributed by atoms with Crippen LogP contribution in [0.25, 0.3) is 0 Å². The van der Waals surface area contributed by atoms with Gasteiger partial charge < -0.3 is 5.11 Å². The summed E-state index contributed by atoms with van der Waals surface area (Å²) in [5, 5.41) is 20.5. The lowest BCUT2D eigenvalue weighted by molar-refractivity contribution is 0.0238. The summed E-state index contributed by atoms with van der Waals surface area (Å²) >= 11 is 0. The lowest BCUT2D eigenvalue weighted by atomic mass is 9.52. The number of allylic oxidation sites excluding steroid dienone is 5. The van der Waals surface area contributed by atoms with Crippen molar-refractivity contribution in [3.05, 3.63) is 34.9 Å². The molecule has 20 heavy (non-hydrogen) atoms. The molecule has 0 radical (unpaired) electrons. The Bertz CT molecular complexity index is 562. The van der Waals surface area contributed by atoms with Gasteiger partial charge in [-0.2, -0.15) is 5.26 Å². The van der Waals surface area contributed by atoms with E-state index >= 15 is 0 Å². The van der Waals surface area contributed by atoms with Gasteiger partial charge in [-0.05, 0) is 49.2 Å². The van der Waals surface area contributed by atoms with E-state index < -0.39 is 5.41 Å². The zero-order valence-corrected chi connectivity index (χ0v) is 12.6. The van der Waals surface area contributed by atoms with Gasteiger partial charge in [0.15, 0.2) is 0 Å². The van der Waals surface area contributed by atoms with Gasteiger partial charge in [-0.25, -0.2) is 0 Å². The second-order valence-electron chi connectivity index (χ2n) is 6.80. The van der Waals surface area contributed by atoms with Crippen molar-refractivity contribution in [1.82, 2.24) is 0 Å². The summed E-state index contributed by atoms with van der Waals surface area (Å²) in [4.78, 5) is 0. The van der Waals surface area contributed by atoms with Crippen molar-refractivity contribution >= 4 is 0 Å². The zero-order chi connectivity index (χ0) is 14.5. The Morgan fingerprint density at radius 3 is 2.80 bits per heavy atom. The van der Waals surface area contributed by atoms with Crippen molar-refractivity contribution in [1.29, 1.82) is 5.26 Å². The summed E-state index contributed by atoms with van der Waals surface area (Å²) in [5.74, 6) is 0.873. The topological polar surface area (TPSA) is 44.0 Å². The van der Waals surface area contributed by atoms with Gasteiger partial charge in [-0.3, -0.25) is 0 Å². The van der Waals surface area contributed by atoms with Gasteiger partial charge in [-0.1, -0.05) is 37.6 Å². The Morgan fingerprint density at radius 1 is 1.40 bits per heavy atom. The second kappa shape index (κ2) is 4.60. The molecule has 2 bridgehead atoms. The molecular formula is C18H23NO.